The maximum absolute atomic E-state index is 5.85. The fourth-order valence-electron chi connectivity index (χ4n) is 4.33. The van der Waals surface area contributed by atoms with Crippen molar-refractivity contribution in [2.45, 2.75) is 120 Å². The largest absolute Gasteiger partial charge is 0.462 e. The molecule has 2 heterocycles. The molecular formula is C28H50N4OS2. The van der Waals surface area contributed by atoms with Gasteiger partial charge in [0.1, 0.15) is 6.61 Å². The standard InChI is InChI=1S/C28H50N4OS2/c1-3-4-5-6-7-8-9-10-11-12-13-14-15-16-17-20-25-35-28-30-26(29-27(31-28)34-2)33-24-23-32-21-18-19-22-32/h10-11H,3-9,12-25H2,1-2H3/b11-10-. The molecule has 0 unspecified atom stereocenters. The molecule has 0 spiro atoms. The smallest absolute Gasteiger partial charge is 0.321 e. The molecule has 1 aromatic heterocycles. The first-order chi connectivity index (χ1) is 17.3. The number of hydrogen-bond acceptors (Lipinski definition) is 7. The zero-order valence-corrected chi connectivity index (χ0v) is 24.2. The minimum absolute atomic E-state index is 0.479. The topological polar surface area (TPSA) is 51.1 Å². The van der Waals surface area contributed by atoms with Crippen molar-refractivity contribution in [1.29, 1.82) is 0 Å². The minimum atomic E-state index is 0.479. The van der Waals surface area contributed by atoms with Gasteiger partial charge < -0.3 is 4.74 Å². The summed E-state index contributed by atoms with van der Waals surface area (Å²) in [6.45, 7) is 6.27. The van der Waals surface area contributed by atoms with Gasteiger partial charge in [-0.25, -0.2) is 0 Å². The average molecular weight is 523 g/mol. The molecular weight excluding hydrogens is 472 g/mol. The fourth-order valence-corrected chi connectivity index (χ4v) is 5.56. The van der Waals surface area contributed by atoms with Crippen molar-refractivity contribution in [3.05, 3.63) is 12.2 Å². The van der Waals surface area contributed by atoms with Crippen molar-refractivity contribution < 1.29 is 4.74 Å². The summed E-state index contributed by atoms with van der Waals surface area (Å²) in [7, 11) is 0. The van der Waals surface area contributed by atoms with Gasteiger partial charge in [-0.15, -0.1) is 0 Å². The summed E-state index contributed by atoms with van der Waals surface area (Å²) in [5, 5.41) is 1.55. The van der Waals surface area contributed by atoms with Crippen molar-refractivity contribution in [3.63, 3.8) is 0 Å². The predicted molar refractivity (Wildman–Crippen MR) is 153 cm³/mol. The van der Waals surface area contributed by atoms with Gasteiger partial charge in [0, 0.05) is 12.3 Å². The van der Waals surface area contributed by atoms with Crippen molar-refractivity contribution >= 4 is 23.5 Å². The third kappa shape index (κ3) is 15.8. The summed E-state index contributed by atoms with van der Waals surface area (Å²) >= 11 is 3.28. The number of aromatic nitrogens is 3. The first kappa shape index (κ1) is 30.4. The molecule has 0 radical (unpaired) electrons. The van der Waals surface area contributed by atoms with Gasteiger partial charge in [0.15, 0.2) is 10.3 Å². The van der Waals surface area contributed by atoms with Gasteiger partial charge in [0.05, 0.1) is 0 Å². The molecule has 0 bridgehead atoms. The molecule has 0 atom stereocenters. The number of thioether (sulfide) groups is 2. The average Bonchev–Trinajstić information content (AvgIpc) is 3.39. The van der Waals surface area contributed by atoms with Crippen LogP contribution >= 0.6 is 23.5 Å². The normalized spacial score (nSPS) is 14.3. The third-order valence-electron chi connectivity index (χ3n) is 6.48. The highest BCUT2D eigenvalue weighted by Gasteiger charge is 2.12. The zero-order valence-electron chi connectivity index (χ0n) is 22.5. The maximum atomic E-state index is 5.85. The highest BCUT2D eigenvalue weighted by molar-refractivity contribution is 7.99. The number of hydrogen-bond donors (Lipinski definition) is 0. The molecule has 200 valence electrons. The molecule has 0 aliphatic carbocycles. The van der Waals surface area contributed by atoms with E-state index in [9.17, 15) is 0 Å². The van der Waals surface area contributed by atoms with Gasteiger partial charge in [0.2, 0.25) is 0 Å². The maximum Gasteiger partial charge on any atom is 0.321 e. The van der Waals surface area contributed by atoms with Crippen LogP contribution in [0.5, 0.6) is 6.01 Å². The first-order valence-corrected chi connectivity index (χ1v) is 16.5. The monoisotopic (exact) mass is 522 g/mol. The van der Waals surface area contributed by atoms with E-state index in [1.54, 1.807) is 23.5 Å². The summed E-state index contributed by atoms with van der Waals surface area (Å²) in [6, 6.07) is 0.479. The van der Waals surface area contributed by atoms with Crippen molar-refractivity contribution in [1.82, 2.24) is 19.9 Å². The van der Waals surface area contributed by atoms with E-state index in [1.807, 2.05) is 6.26 Å². The molecule has 0 N–H and O–H groups in total. The number of rotatable bonds is 22. The van der Waals surface area contributed by atoms with Crippen LogP contribution in [-0.4, -0.2) is 58.1 Å². The Kier molecular flexibility index (Phi) is 18.5. The second kappa shape index (κ2) is 21.3. The first-order valence-electron chi connectivity index (χ1n) is 14.2. The molecule has 2 rings (SSSR count). The van der Waals surface area contributed by atoms with Crippen LogP contribution < -0.4 is 4.74 Å². The summed E-state index contributed by atoms with van der Waals surface area (Å²) < 4.78 is 5.85. The van der Waals surface area contributed by atoms with Gasteiger partial charge in [-0.05, 0) is 64.3 Å². The Morgan fingerprint density at radius 2 is 1.37 bits per heavy atom. The van der Waals surface area contributed by atoms with Crippen LogP contribution in [0.3, 0.4) is 0 Å². The molecule has 5 nitrogen and oxygen atoms in total. The third-order valence-corrected chi connectivity index (χ3v) is 7.96. The van der Waals surface area contributed by atoms with Gasteiger partial charge in [-0.3, -0.25) is 4.90 Å². The Hall–Kier alpha value is -0.790. The lowest BCUT2D eigenvalue weighted by molar-refractivity contribution is 0.221. The Morgan fingerprint density at radius 1 is 0.771 bits per heavy atom. The fraction of sp³-hybridized carbons (Fsp3) is 0.821. The highest BCUT2D eigenvalue weighted by Crippen LogP contribution is 2.21. The molecule has 1 aliphatic rings. The minimum Gasteiger partial charge on any atom is -0.462 e. The Bertz CT molecular complexity index is 668. The van der Waals surface area contributed by atoms with Gasteiger partial charge >= 0.3 is 6.01 Å². The zero-order chi connectivity index (χ0) is 24.8. The summed E-state index contributed by atoms with van der Waals surface area (Å²) in [4.78, 5) is 16.0. The van der Waals surface area contributed by atoms with Crippen molar-refractivity contribution in [2.75, 3.05) is 38.2 Å². The summed E-state index contributed by atoms with van der Waals surface area (Å²) in [5.74, 6) is 1.06. The molecule has 1 aromatic rings. The van der Waals surface area contributed by atoms with Gasteiger partial charge in [-0.2, -0.15) is 15.0 Å². The van der Waals surface area contributed by atoms with Crippen LogP contribution in [-0.2, 0) is 0 Å². The number of likely N-dealkylation sites (tertiary alicyclic amines) is 1. The Labute approximate surface area is 224 Å². The van der Waals surface area contributed by atoms with Gasteiger partial charge in [0.25, 0.3) is 0 Å². The number of allylic oxidation sites excluding steroid dienone is 2. The molecule has 0 saturated carbocycles. The van der Waals surface area contributed by atoms with Crippen molar-refractivity contribution in [3.8, 4) is 6.01 Å². The van der Waals surface area contributed by atoms with Crippen LogP contribution in [0.15, 0.2) is 22.5 Å². The van der Waals surface area contributed by atoms with E-state index in [4.69, 9.17) is 4.74 Å². The SMILES string of the molecule is CCCCCCCC/C=C\CCCCCCCCSc1nc(OCCN2CCCC2)nc(SC)n1. The Morgan fingerprint density at radius 3 is 2.03 bits per heavy atom. The summed E-state index contributed by atoms with van der Waals surface area (Å²) in [5.41, 5.74) is 0. The molecule has 1 fully saturated rings. The number of ether oxygens (including phenoxy) is 1. The van der Waals surface area contributed by atoms with E-state index < -0.39 is 0 Å². The summed E-state index contributed by atoms with van der Waals surface area (Å²) in [6.07, 6.45) is 28.2. The molecule has 0 aromatic carbocycles. The van der Waals surface area contributed by atoms with Gasteiger partial charge in [-0.1, -0.05) is 100 Å². The Balaban J connectivity index is 1.45. The van der Waals surface area contributed by atoms with Crippen LogP contribution in [0, 0.1) is 0 Å². The predicted octanol–water partition coefficient (Wildman–Crippen LogP) is 8.20. The molecule has 1 aliphatic heterocycles. The van der Waals surface area contributed by atoms with E-state index in [0.717, 1.165) is 22.6 Å². The van der Waals surface area contributed by atoms with Crippen LogP contribution in [0.1, 0.15) is 110 Å². The quantitative estimate of drug-likeness (QED) is 0.0864. The van der Waals surface area contributed by atoms with Crippen LogP contribution in [0.25, 0.3) is 0 Å². The number of unbranched alkanes of at least 4 members (excludes halogenated alkanes) is 12. The van der Waals surface area contributed by atoms with Crippen LogP contribution in [0.4, 0.5) is 0 Å². The molecule has 7 heteroatoms. The number of nitrogens with zero attached hydrogens (tertiary/aromatic N) is 4. The second-order valence-electron chi connectivity index (χ2n) is 9.57. The highest BCUT2D eigenvalue weighted by atomic mass is 32.2. The second-order valence-corrected chi connectivity index (χ2v) is 11.4. The van der Waals surface area contributed by atoms with E-state index in [0.29, 0.717) is 12.6 Å². The molecule has 1 saturated heterocycles. The van der Waals surface area contributed by atoms with E-state index in [-0.39, 0.29) is 0 Å². The lowest BCUT2D eigenvalue weighted by Crippen LogP contribution is -2.25. The van der Waals surface area contributed by atoms with E-state index >= 15 is 0 Å². The van der Waals surface area contributed by atoms with Crippen LogP contribution in [0.2, 0.25) is 0 Å². The van der Waals surface area contributed by atoms with E-state index in [2.05, 4.69) is 38.9 Å². The lowest BCUT2D eigenvalue weighted by atomic mass is 10.1. The van der Waals surface area contributed by atoms with E-state index in [1.165, 1.54) is 116 Å². The molecule has 0 amide bonds. The lowest BCUT2D eigenvalue weighted by Gasteiger charge is -2.14. The molecule has 35 heavy (non-hydrogen) atoms. The van der Waals surface area contributed by atoms with Crippen molar-refractivity contribution in [2.24, 2.45) is 0 Å².